The number of alkyl halides is 3. The van der Waals surface area contributed by atoms with Gasteiger partial charge in [0.15, 0.2) is 0 Å². The summed E-state index contributed by atoms with van der Waals surface area (Å²) in [7, 11) is 0. The molecule has 0 fully saturated rings. The zero-order valence-electron chi connectivity index (χ0n) is 18.0. The lowest BCUT2D eigenvalue weighted by Gasteiger charge is -2.19. The average molecular weight is 426 g/mol. The highest BCUT2D eigenvalue weighted by molar-refractivity contribution is 5.70. The van der Waals surface area contributed by atoms with Gasteiger partial charge in [-0.3, -0.25) is 0 Å². The Kier molecular flexibility index (Phi) is 6.44. The molecule has 0 amide bonds. The van der Waals surface area contributed by atoms with Gasteiger partial charge in [-0.25, -0.2) is 0 Å². The first-order valence-corrected chi connectivity index (χ1v) is 9.96. The predicted octanol–water partition coefficient (Wildman–Crippen LogP) is 8.38. The van der Waals surface area contributed by atoms with Crippen molar-refractivity contribution in [2.45, 2.75) is 39.5 Å². The van der Waals surface area contributed by atoms with E-state index in [1.165, 1.54) is 29.8 Å². The van der Waals surface area contributed by atoms with Crippen molar-refractivity contribution in [1.29, 1.82) is 0 Å². The Morgan fingerprint density at radius 1 is 0.742 bits per heavy atom. The van der Waals surface area contributed by atoms with Crippen molar-refractivity contribution in [3.05, 3.63) is 83.9 Å². The van der Waals surface area contributed by atoms with E-state index in [9.17, 15) is 13.2 Å². The van der Waals surface area contributed by atoms with Crippen LogP contribution in [0.2, 0.25) is 0 Å². The summed E-state index contributed by atoms with van der Waals surface area (Å²) in [5.41, 5.74) is 4.23. The molecule has 0 bridgehead atoms. The Morgan fingerprint density at radius 2 is 1.32 bits per heavy atom. The maximum atomic E-state index is 12.4. The molecule has 0 spiro atoms. The fourth-order valence-electron chi connectivity index (χ4n) is 3.12. The van der Waals surface area contributed by atoms with Gasteiger partial charge < -0.3 is 9.47 Å². The Labute approximate surface area is 180 Å². The van der Waals surface area contributed by atoms with Crippen LogP contribution in [0.1, 0.15) is 38.8 Å². The molecule has 3 aromatic carbocycles. The predicted molar refractivity (Wildman–Crippen MR) is 118 cm³/mol. The zero-order valence-corrected chi connectivity index (χ0v) is 18.0. The highest BCUT2D eigenvalue weighted by Crippen LogP contribution is 2.34. The van der Waals surface area contributed by atoms with Crippen LogP contribution in [0.4, 0.5) is 13.2 Å². The van der Waals surface area contributed by atoms with Gasteiger partial charge in [0.25, 0.3) is 0 Å². The summed E-state index contributed by atoms with van der Waals surface area (Å²) in [6.45, 7) is 8.42. The van der Waals surface area contributed by atoms with E-state index in [0.29, 0.717) is 11.5 Å². The van der Waals surface area contributed by atoms with Crippen molar-refractivity contribution in [2.24, 2.45) is 0 Å². The second kappa shape index (κ2) is 8.88. The third kappa shape index (κ3) is 6.14. The molecule has 0 saturated carbocycles. The molecule has 0 aliphatic heterocycles. The fraction of sp³-hybridized carbons (Fsp3) is 0.231. The molecule has 0 saturated heterocycles. The minimum absolute atomic E-state index is 0.0740. The monoisotopic (exact) mass is 426 g/mol. The first-order chi connectivity index (χ1) is 14.5. The number of rotatable bonds is 5. The number of ether oxygens (including phenoxy) is 2. The molecule has 0 heterocycles. The second-order valence-corrected chi connectivity index (χ2v) is 8.20. The molecule has 31 heavy (non-hydrogen) atoms. The summed E-state index contributed by atoms with van der Waals surface area (Å²) in [5, 5.41) is 0. The van der Waals surface area contributed by atoms with Gasteiger partial charge in [-0.2, -0.15) is 0 Å². The van der Waals surface area contributed by atoms with Crippen molar-refractivity contribution >= 4 is 6.08 Å². The first kappa shape index (κ1) is 22.5. The zero-order chi connectivity index (χ0) is 22.6. The molecular weight excluding hydrogens is 401 g/mol. The van der Waals surface area contributed by atoms with Gasteiger partial charge in [-0.05, 0) is 59.4 Å². The van der Waals surface area contributed by atoms with Crippen LogP contribution >= 0.6 is 0 Å². The number of halogens is 3. The van der Waals surface area contributed by atoms with Crippen molar-refractivity contribution in [3.63, 3.8) is 0 Å². The van der Waals surface area contributed by atoms with E-state index in [-0.39, 0.29) is 11.2 Å². The molecule has 0 radical (unpaired) electrons. The Balaban J connectivity index is 1.89. The minimum atomic E-state index is -4.72. The van der Waals surface area contributed by atoms with Crippen LogP contribution in [0.3, 0.4) is 0 Å². The van der Waals surface area contributed by atoms with Crippen molar-refractivity contribution in [1.82, 2.24) is 0 Å². The molecular formula is C26H25F3O2. The van der Waals surface area contributed by atoms with E-state index >= 15 is 0 Å². The maximum absolute atomic E-state index is 12.4. The van der Waals surface area contributed by atoms with Gasteiger partial charge in [0.2, 0.25) is 0 Å². The van der Waals surface area contributed by atoms with Crippen LogP contribution in [0.15, 0.2) is 72.8 Å². The third-order valence-corrected chi connectivity index (χ3v) is 4.73. The number of hydrogen-bond donors (Lipinski definition) is 0. The molecule has 2 nitrogen and oxygen atoms in total. The standard InChI is InChI=1S/C26H25F3O2/c1-5-6-19-7-8-20(18-9-11-21(12-10-18)25(2,3)4)17-24(19)30-22-13-15-23(16-14-22)31-26(27,28)29/h5-17H,1-4H3/b6-5+. The summed E-state index contributed by atoms with van der Waals surface area (Å²) in [6, 6.07) is 19.7. The van der Waals surface area contributed by atoms with E-state index in [4.69, 9.17) is 4.74 Å². The Morgan fingerprint density at radius 3 is 1.87 bits per heavy atom. The molecule has 0 aliphatic carbocycles. The summed E-state index contributed by atoms with van der Waals surface area (Å²) in [4.78, 5) is 0. The smallest absolute Gasteiger partial charge is 0.457 e. The summed E-state index contributed by atoms with van der Waals surface area (Å²) in [5.74, 6) is 0.738. The van der Waals surface area contributed by atoms with Gasteiger partial charge in [-0.1, -0.05) is 69.3 Å². The van der Waals surface area contributed by atoms with Gasteiger partial charge in [-0.15, -0.1) is 13.2 Å². The lowest BCUT2D eigenvalue weighted by atomic mass is 9.86. The van der Waals surface area contributed by atoms with Crippen LogP contribution in [-0.2, 0) is 5.41 Å². The Bertz CT molecular complexity index is 1040. The van der Waals surface area contributed by atoms with E-state index in [2.05, 4.69) is 49.8 Å². The normalized spacial score (nSPS) is 12.2. The maximum Gasteiger partial charge on any atom is 0.573 e. The van der Waals surface area contributed by atoms with Crippen molar-refractivity contribution in [3.8, 4) is 28.4 Å². The molecule has 5 heteroatoms. The molecule has 3 aromatic rings. The average Bonchev–Trinajstić information content (AvgIpc) is 2.69. The van der Waals surface area contributed by atoms with Gasteiger partial charge in [0, 0.05) is 5.56 Å². The van der Waals surface area contributed by atoms with Crippen LogP contribution < -0.4 is 9.47 Å². The number of allylic oxidation sites excluding steroid dienone is 1. The van der Waals surface area contributed by atoms with E-state index in [0.717, 1.165) is 16.7 Å². The molecule has 0 aromatic heterocycles. The summed E-state index contributed by atoms with van der Waals surface area (Å²) in [6.07, 6.45) is -0.901. The molecule has 0 atom stereocenters. The Hall–Kier alpha value is -3.21. The molecule has 0 N–H and O–H groups in total. The lowest BCUT2D eigenvalue weighted by molar-refractivity contribution is -0.274. The lowest BCUT2D eigenvalue weighted by Crippen LogP contribution is -2.16. The first-order valence-electron chi connectivity index (χ1n) is 9.96. The van der Waals surface area contributed by atoms with Gasteiger partial charge in [0.1, 0.15) is 17.2 Å². The van der Waals surface area contributed by atoms with Crippen LogP contribution in [0, 0.1) is 0 Å². The minimum Gasteiger partial charge on any atom is -0.457 e. The number of benzene rings is 3. The fourth-order valence-corrected chi connectivity index (χ4v) is 3.12. The van der Waals surface area contributed by atoms with Gasteiger partial charge in [0.05, 0.1) is 0 Å². The summed E-state index contributed by atoms with van der Waals surface area (Å²) >= 11 is 0. The second-order valence-electron chi connectivity index (χ2n) is 8.20. The van der Waals surface area contributed by atoms with Crippen LogP contribution in [0.5, 0.6) is 17.2 Å². The highest BCUT2D eigenvalue weighted by Gasteiger charge is 2.31. The summed E-state index contributed by atoms with van der Waals surface area (Å²) < 4.78 is 47.0. The SMILES string of the molecule is C/C=C/c1ccc(-c2ccc(C(C)(C)C)cc2)cc1Oc1ccc(OC(F)(F)F)cc1. The topological polar surface area (TPSA) is 18.5 Å². The number of hydrogen-bond acceptors (Lipinski definition) is 2. The highest BCUT2D eigenvalue weighted by atomic mass is 19.4. The molecule has 162 valence electrons. The molecule has 0 unspecified atom stereocenters. The quantitative estimate of drug-likeness (QED) is 0.408. The third-order valence-electron chi connectivity index (χ3n) is 4.73. The van der Waals surface area contributed by atoms with E-state index in [1.54, 1.807) is 0 Å². The van der Waals surface area contributed by atoms with Crippen molar-refractivity contribution < 1.29 is 22.6 Å². The largest absolute Gasteiger partial charge is 0.573 e. The van der Waals surface area contributed by atoms with E-state index in [1.807, 2.05) is 37.3 Å². The molecule has 0 aliphatic rings. The van der Waals surface area contributed by atoms with Gasteiger partial charge >= 0.3 is 6.36 Å². The van der Waals surface area contributed by atoms with Crippen LogP contribution in [0.25, 0.3) is 17.2 Å². The van der Waals surface area contributed by atoms with Crippen molar-refractivity contribution in [2.75, 3.05) is 0 Å². The van der Waals surface area contributed by atoms with Crippen LogP contribution in [-0.4, -0.2) is 6.36 Å². The molecule has 3 rings (SSSR count). The van der Waals surface area contributed by atoms with E-state index < -0.39 is 6.36 Å².